The minimum Gasteiger partial charge on any atom is -0.279 e. The number of sulfonamides is 1. The Morgan fingerprint density at radius 2 is 1.48 bits per heavy atom. The number of rotatable bonds is 3. The molecule has 2 aromatic rings. The van der Waals surface area contributed by atoms with Crippen LogP contribution in [0.15, 0.2) is 35.2 Å². The van der Waals surface area contributed by atoms with Crippen molar-refractivity contribution >= 4 is 27.3 Å². The number of halogens is 3. The summed E-state index contributed by atoms with van der Waals surface area (Å²) in [4.78, 5) is -0.0377. The molecule has 21 heavy (non-hydrogen) atoms. The second kappa shape index (κ2) is 5.61. The molecule has 7 heteroatoms. The summed E-state index contributed by atoms with van der Waals surface area (Å²) in [7, 11) is -3.97. The molecule has 3 nitrogen and oxygen atoms in total. The molecule has 0 amide bonds. The second-order valence-electron chi connectivity index (χ2n) is 4.63. The Morgan fingerprint density at radius 1 is 0.952 bits per heavy atom. The summed E-state index contributed by atoms with van der Waals surface area (Å²) in [5.41, 5.74) is 0.535. The molecular formula is C14H12ClF2NO2S. The summed E-state index contributed by atoms with van der Waals surface area (Å²) in [6.45, 7) is 2.98. The van der Waals surface area contributed by atoms with E-state index in [2.05, 4.69) is 4.72 Å². The summed E-state index contributed by atoms with van der Waals surface area (Å²) < 4.78 is 53.5. The monoisotopic (exact) mass is 331 g/mol. The van der Waals surface area contributed by atoms with Gasteiger partial charge in [-0.3, -0.25) is 4.72 Å². The van der Waals surface area contributed by atoms with Gasteiger partial charge in [0.25, 0.3) is 10.0 Å². The first-order valence-electron chi connectivity index (χ1n) is 5.95. The van der Waals surface area contributed by atoms with Gasteiger partial charge in [-0.1, -0.05) is 11.6 Å². The largest absolute Gasteiger partial charge is 0.279 e. The third kappa shape index (κ3) is 3.51. The fraction of sp³-hybridized carbons (Fsp3) is 0.143. The standard InChI is InChI=1S/C14H12ClF2NO2S/c1-8-3-11(16)4-9(2)14(8)21(19,20)18-13-6-10(15)5-12(17)7-13/h3-7,18H,1-2H3. The molecule has 0 aliphatic heterocycles. The zero-order valence-corrected chi connectivity index (χ0v) is 12.8. The maximum absolute atomic E-state index is 13.2. The second-order valence-corrected chi connectivity index (χ2v) is 6.69. The molecule has 0 radical (unpaired) electrons. The Morgan fingerprint density at radius 3 is 2.00 bits per heavy atom. The molecule has 0 aliphatic carbocycles. The first kappa shape index (κ1) is 15.7. The van der Waals surface area contributed by atoms with Crippen molar-refractivity contribution in [2.24, 2.45) is 0 Å². The molecule has 0 unspecified atom stereocenters. The summed E-state index contributed by atoms with van der Waals surface area (Å²) in [5, 5.41) is 0.0697. The SMILES string of the molecule is Cc1cc(F)cc(C)c1S(=O)(=O)Nc1cc(F)cc(Cl)c1. The van der Waals surface area contributed by atoms with Crippen LogP contribution in [0.2, 0.25) is 5.02 Å². The predicted octanol–water partition coefficient (Wildman–Crippen LogP) is 4.04. The molecule has 0 saturated carbocycles. The molecule has 112 valence electrons. The van der Waals surface area contributed by atoms with Crippen LogP contribution in [-0.4, -0.2) is 8.42 Å². The van der Waals surface area contributed by atoms with Gasteiger partial charge in [0, 0.05) is 5.02 Å². The van der Waals surface area contributed by atoms with E-state index in [4.69, 9.17) is 11.6 Å². The van der Waals surface area contributed by atoms with Crippen molar-refractivity contribution in [3.8, 4) is 0 Å². The fourth-order valence-electron chi connectivity index (χ4n) is 2.14. The maximum atomic E-state index is 13.2. The number of benzene rings is 2. The van der Waals surface area contributed by atoms with Gasteiger partial charge in [0.05, 0.1) is 10.6 Å². The lowest BCUT2D eigenvalue weighted by Gasteiger charge is -2.13. The lowest BCUT2D eigenvalue weighted by molar-refractivity contribution is 0.597. The first-order chi connectivity index (χ1) is 9.69. The molecule has 0 spiro atoms. The van der Waals surface area contributed by atoms with Crippen molar-refractivity contribution in [2.45, 2.75) is 18.7 Å². The Labute approximate surface area is 126 Å². The smallest absolute Gasteiger partial charge is 0.262 e. The van der Waals surface area contributed by atoms with E-state index >= 15 is 0 Å². The lowest BCUT2D eigenvalue weighted by atomic mass is 10.1. The summed E-state index contributed by atoms with van der Waals surface area (Å²) in [5.74, 6) is -1.18. The van der Waals surface area contributed by atoms with E-state index in [0.29, 0.717) is 0 Å². The molecule has 1 N–H and O–H groups in total. The van der Waals surface area contributed by atoms with Crippen molar-refractivity contribution in [1.82, 2.24) is 0 Å². The molecule has 0 heterocycles. The molecule has 0 fully saturated rings. The van der Waals surface area contributed by atoms with Gasteiger partial charge in [-0.15, -0.1) is 0 Å². The van der Waals surface area contributed by atoms with Crippen molar-refractivity contribution in [2.75, 3.05) is 4.72 Å². The van der Waals surface area contributed by atoms with Crippen LogP contribution in [0, 0.1) is 25.5 Å². The van der Waals surface area contributed by atoms with Crippen molar-refractivity contribution in [1.29, 1.82) is 0 Å². The van der Waals surface area contributed by atoms with E-state index < -0.39 is 21.7 Å². The van der Waals surface area contributed by atoms with Crippen LogP contribution in [-0.2, 0) is 10.0 Å². The third-order valence-electron chi connectivity index (χ3n) is 2.81. The number of hydrogen-bond acceptors (Lipinski definition) is 2. The van der Waals surface area contributed by atoms with Crippen LogP contribution in [0.25, 0.3) is 0 Å². The van der Waals surface area contributed by atoms with Gasteiger partial charge in [-0.25, -0.2) is 17.2 Å². The minimum atomic E-state index is -3.97. The Bertz CT molecular complexity index is 763. The van der Waals surface area contributed by atoms with Crippen molar-refractivity contribution in [3.63, 3.8) is 0 Å². The molecule has 0 aromatic heterocycles. The third-order valence-corrected chi connectivity index (χ3v) is 4.71. The van der Waals surface area contributed by atoms with Crippen molar-refractivity contribution in [3.05, 3.63) is 58.1 Å². The van der Waals surface area contributed by atoms with Gasteiger partial charge in [-0.05, 0) is 55.3 Å². The molecule has 0 atom stereocenters. The quantitative estimate of drug-likeness (QED) is 0.922. The summed E-state index contributed by atoms with van der Waals surface area (Å²) in [6.07, 6.45) is 0. The normalized spacial score (nSPS) is 11.5. The molecule has 2 rings (SSSR count). The van der Waals surface area contributed by atoms with E-state index in [9.17, 15) is 17.2 Å². The number of nitrogens with one attached hydrogen (secondary N) is 1. The number of hydrogen-bond donors (Lipinski definition) is 1. The van der Waals surface area contributed by atoms with Gasteiger partial charge in [0.1, 0.15) is 11.6 Å². The zero-order chi connectivity index (χ0) is 15.8. The van der Waals surface area contributed by atoms with Crippen LogP contribution >= 0.6 is 11.6 Å². The van der Waals surface area contributed by atoms with E-state index in [1.54, 1.807) is 0 Å². The first-order valence-corrected chi connectivity index (χ1v) is 7.81. The highest BCUT2D eigenvalue weighted by atomic mass is 35.5. The molecule has 0 aliphatic rings. The summed E-state index contributed by atoms with van der Waals surface area (Å²) >= 11 is 5.68. The Balaban J connectivity index is 2.48. The van der Waals surface area contributed by atoms with Gasteiger partial charge >= 0.3 is 0 Å². The van der Waals surface area contributed by atoms with E-state index in [1.165, 1.54) is 19.9 Å². The Hall–Kier alpha value is -1.66. The van der Waals surface area contributed by atoms with Crippen LogP contribution in [0.5, 0.6) is 0 Å². The van der Waals surface area contributed by atoms with E-state index in [0.717, 1.165) is 24.3 Å². The predicted molar refractivity (Wildman–Crippen MR) is 78.1 cm³/mol. The molecule has 0 bridgehead atoms. The zero-order valence-electron chi connectivity index (χ0n) is 11.2. The van der Waals surface area contributed by atoms with Crippen LogP contribution in [0.1, 0.15) is 11.1 Å². The van der Waals surface area contributed by atoms with Crippen LogP contribution in [0.4, 0.5) is 14.5 Å². The molecule has 2 aromatic carbocycles. The van der Waals surface area contributed by atoms with E-state index in [-0.39, 0.29) is 26.7 Å². The van der Waals surface area contributed by atoms with Gasteiger partial charge in [0.15, 0.2) is 0 Å². The average Bonchev–Trinajstić information content (AvgIpc) is 2.23. The molecule has 0 saturated heterocycles. The van der Waals surface area contributed by atoms with Gasteiger partial charge < -0.3 is 0 Å². The fourth-order valence-corrected chi connectivity index (χ4v) is 3.86. The highest BCUT2D eigenvalue weighted by Crippen LogP contribution is 2.25. The minimum absolute atomic E-state index is 0.00289. The van der Waals surface area contributed by atoms with Crippen molar-refractivity contribution < 1.29 is 17.2 Å². The van der Waals surface area contributed by atoms with Gasteiger partial charge in [0.2, 0.25) is 0 Å². The number of aryl methyl sites for hydroxylation is 2. The Kier molecular flexibility index (Phi) is 4.20. The van der Waals surface area contributed by atoms with E-state index in [1.807, 2.05) is 0 Å². The highest BCUT2D eigenvalue weighted by Gasteiger charge is 2.21. The highest BCUT2D eigenvalue weighted by molar-refractivity contribution is 7.92. The summed E-state index contributed by atoms with van der Waals surface area (Å²) in [6, 6.07) is 5.61. The lowest BCUT2D eigenvalue weighted by Crippen LogP contribution is -2.16. The molecular weight excluding hydrogens is 320 g/mol. The maximum Gasteiger partial charge on any atom is 0.262 e. The van der Waals surface area contributed by atoms with Crippen LogP contribution in [0.3, 0.4) is 0 Å². The average molecular weight is 332 g/mol. The van der Waals surface area contributed by atoms with Gasteiger partial charge in [-0.2, -0.15) is 0 Å². The van der Waals surface area contributed by atoms with Crippen LogP contribution < -0.4 is 4.72 Å². The topological polar surface area (TPSA) is 46.2 Å². The number of anilines is 1.